The molecule has 0 saturated carbocycles. The summed E-state index contributed by atoms with van der Waals surface area (Å²) in [7, 11) is 0. The molecule has 1 unspecified atom stereocenters. The molecule has 1 N–H and O–H groups in total. The highest BCUT2D eigenvalue weighted by Gasteiger charge is 2.27. The first-order valence-electron chi connectivity index (χ1n) is 9.38. The number of furan rings is 1. The Balaban J connectivity index is 1.34. The van der Waals surface area contributed by atoms with Gasteiger partial charge in [-0.3, -0.25) is 14.4 Å². The minimum absolute atomic E-state index is 0.0651. The second-order valence-corrected chi connectivity index (χ2v) is 7.29. The maximum Gasteiger partial charge on any atom is 0.222 e. The topological polar surface area (TPSA) is 72.5 Å². The number of hydrogen-bond donors (Lipinski definition) is 1. The standard InChI is InChI=1S/C19H26N4O3/c24-19(20-10-15-2-6-25-7-3-15)9-18-13-22(11-16-4-8-26-14-16)12-17-1-5-21-23(17)18/h1,4-5,8,14-15,18H,2-3,6-7,9-13H2,(H,20,24). The van der Waals surface area contributed by atoms with Crippen molar-refractivity contribution in [3.05, 3.63) is 42.1 Å². The summed E-state index contributed by atoms with van der Waals surface area (Å²) < 4.78 is 12.6. The minimum Gasteiger partial charge on any atom is -0.472 e. The maximum absolute atomic E-state index is 12.5. The third-order valence-corrected chi connectivity index (χ3v) is 5.29. The number of nitrogens with one attached hydrogen (secondary N) is 1. The highest BCUT2D eigenvalue weighted by molar-refractivity contribution is 5.76. The van der Waals surface area contributed by atoms with Gasteiger partial charge in [0.25, 0.3) is 0 Å². The van der Waals surface area contributed by atoms with Gasteiger partial charge in [0, 0.05) is 51.2 Å². The SMILES string of the molecule is O=C(CC1CN(Cc2ccoc2)Cc2ccnn21)NCC1CCOCC1. The van der Waals surface area contributed by atoms with E-state index in [2.05, 4.69) is 15.3 Å². The first kappa shape index (κ1) is 17.3. The molecular weight excluding hydrogens is 332 g/mol. The van der Waals surface area contributed by atoms with Crippen molar-refractivity contribution in [2.45, 2.75) is 38.4 Å². The summed E-state index contributed by atoms with van der Waals surface area (Å²) in [4.78, 5) is 14.8. The average molecular weight is 358 g/mol. The molecule has 0 radical (unpaired) electrons. The highest BCUT2D eigenvalue weighted by atomic mass is 16.5. The molecule has 1 fully saturated rings. The molecule has 7 nitrogen and oxygen atoms in total. The summed E-state index contributed by atoms with van der Waals surface area (Å²) >= 11 is 0. The first-order valence-corrected chi connectivity index (χ1v) is 9.38. The predicted molar refractivity (Wildman–Crippen MR) is 95.3 cm³/mol. The van der Waals surface area contributed by atoms with Crippen molar-refractivity contribution in [1.29, 1.82) is 0 Å². The molecule has 0 bridgehead atoms. The van der Waals surface area contributed by atoms with Crippen molar-refractivity contribution in [2.24, 2.45) is 5.92 Å². The molecule has 0 aromatic carbocycles. The minimum atomic E-state index is 0.0651. The van der Waals surface area contributed by atoms with Crippen molar-refractivity contribution in [3.8, 4) is 0 Å². The van der Waals surface area contributed by atoms with E-state index in [0.717, 1.165) is 63.5 Å². The summed E-state index contributed by atoms with van der Waals surface area (Å²) in [6, 6.07) is 4.09. The Bertz CT molecular complexity index is 706. The van der Waals surface area contributed by atoms with E-state index in [1.807, 2.05) is 23.0 Å². The van der Waals surface area contributed by atoms with E-state index >= 15 is 0 Å². The van der Waals surface area contributed by atoms with Gasteiger partial charge >= 0.3 is 0 Å². The zero-order valence-electron chi connectivity index (χ0n) is 15.0. The number of carbonyl (C=O) groups is 1. The summed E-state index contributed by atoms with van der Waals surface area (Å²) in [6.45, 7) is 4.84. The fraction of sp³-hybridized carbons (Fsp3) is 0.579. The van der Waals surface area contributed by atoms with Gasteiger partial charge in [-0.2, -0.15) is 5.10 Å². The van der Waals surface area contributed by atoms with Crippen LogP contribution in [0.1, 0.15) is 36.6 Å². The molecule has 1 atom stereocenters. The largest absolute Gasteiger partial charge is 0.472 e. The van der Waals surface area contributed by atoms with Gasteiger partial charge in [-0.15, -0.1) is 0 Å². The number of rotatable bonds is 6. The number of aromatic nitrogens is 2. The van der Waals surface area contributed by atoms with Gasteiger partial charge in [-0.1, -0.05) is 0 Å². The molecular formula is C19H26N4O3. The van der Waals surface area contributed by atoms with Crippen LogP contribution in [0, 0.1) is 5.92 Å². The third kappa shape index (κ3) is 4.16. The van der Waals surface area contributed by atoms with Crippen LogP contribution in [-0.2, 0) is 22.6 Å². The second kappa shape index (κ2) is 8.05. The molecule has 1 saturated heterocycles. The van der Waals surface area contributed by atoms with Crippen LogP contribution in [0.4, 0.5) is 0 Å². The van der Waals surface area contributed by atoms with E-state index in [9.17, 15) is 4.79 Å². The lowest BCUT2D eigenvalue weighted by Crippen LogP contribution is -2.40. The van der Waals surface area contributed by atoms with Gasteiger partial charge < -0.3 is 14.5 Å². The summed E-state index contributed by atoms with van der Waals surface area (Å²) in [5.41, 5.74) is 2.31. The molecule has 26 heavy (non-hydrogen) atoms. The zero-order valence-corrected chi connectivity index (χ0v) is 15.0. The van der Waals surface area contributed by atoms with E-state index in [4.69, 9.17) is 9.15 Å². The van der Waals surface area contributed by atoms with Crippen LogP contribution in [0.5, 0.6) is 0 Å². The van der Waals surface area contributed by atoms with Gasteiger partial charge in [-0.05, 0) is 30.9 Å². The van der Waals surface area contributed by atoms with Crippen LogP contribution in [-0.4, -0.2) is 46.9 Å². The fourth-order valence-electron chi connectivity index (χ4n) is 3.87. The van der Waals surface area contributed by atoms with Crippen LogP contribution in [0.15, 0.2) is 35.3 Å². The number of hydrogen-bond acceptors (Lipinski definition) is 5. The Hall–Kier alpha value is -2.12. The lowest BCUT2D eigenvalue weighted by molar-refractivity contribution is -0.122. The second-order valence-electron chi connectivity index (χ2n) is 7.29. The van der Waals surface area contributed by atoms with Crippen molar-refractivity contribution >= 4 is 5.91 Å². The highest BCUT2D eigenvalue weighted by Crippen LogP contribution is 2.24. The van der Waals surface area contributed by atoms with Crippen LogP contribution in [0.3, 0.4) is 0 Å². The van der Waals surface area contributed by atoms with E-state index < -0.39 is 0 Å². The number of carbonyl (C=O) groups excluding carboxylic acids is 1. The van der Waals surface area contributed by atoms with Crippen molar-refractivity contribution in [3.63, 3.8) is 0 Å². The zero-order chi connectivity index (χ0) is 17.8. The molecule has 4 heterocycles. The Morgan fingerprint density at radius 3 is 3.00 bits per heavy atom. The van der Waals surface area contributed by atoms with Gasteiger partial charge in [-0.25, -0.2) is 0 Å². The Kier molecular flexibility index (Phi) is 5.36. The number of amides is 1. The summed E-state index contributed by atoms with van der Waals surface area (Å²) in [5, 5.41) is 7.56. The number of ether oxygens (including phenoxy) is 1. The molecule has 7 heteroatoms. The quantitative estimate of drug-likeness (QED) is 0.855. The number of nitrogens with zero attached hydrogens (tertiary/aromatic N) is 3. The third-order valence-electron chi connectivity index (χ3n) is 5.29. The van der Waals surface area contributed by atoms with Crippen LogP contribution in [0.2, 0.25) is 0 Å². The Morgan fingerprint density at radius 1 is 1.31 bits per heavy atom. The van der Waals surface area contributed by atoms with Crippen molar-refractivity contribution in [1.82, 2.24) is 20.0 Å². The molecule has 2 aliphatic rings. The maximum atomic E-state index is 12.5. The Labute approximate surface area is 153 Å². The van der Waals surface area contributed by atoms with Crippen molar-refractivity contribution in [2.75, 3.05) is 26.3 Å². The average Bonchev–Trinajstić information content (AvgIpc) is 3.33. The van der Waals surface area contributed by atoms with Crippen LogP contribution < -0.4 is 5.32 Å². The predicted octanol–water partition coefficient (Wildman–Crippen LogP) is 1.97. The lowest BCUT2D eigenvalue weighted by Gasteiger charge is -2.33. The molecule has 0 aliphatic carbocycles. The van der Waals surface area contributed by atoms with Crippen LogP contribution >= 0.6 is 0 Å². The van der Waals surface area contributed by atoms with Gasteiger partial charge in [0.2, 0.25) is 5.91 Å². The smallest absolute Gasteiger partial charge is 0.222 e. The van der Waals surface area contributed by atoms with E-state index in [-0.39, 0.29) is 11.9 Å². The van der Waals surface area contributed by atoms with Crippen LogP contribution in [0.25, 0.3) is 0 Å². The van der Waals surface area contributed by atoms with E-state index in [1.54, 1.807) is 12.5 Å². The molecule has 2 aliphatic heterocycles. The Morgan fingerprint density at radius 2 is 2.19 bits per heavy atom. The van der Waals surface area contributed by atoms with Crippen molar-refractivity contribution < 1.29 is 13.9 Å². The molecule has 1 amide bonds. The molecule has 0 spiro atoms. The molecule has 2 aromatic heterocycles. The molecule has 2 aromatic rings. The fourth-order valence-corrected chi connectivity index (χ4v) is 3.87. The van der Waals surface area contributed by atoms with Gasteiger partial charge in [0.15, 0.2) is 0 Å². The lowest BCUT2D eigenvalue weighted by atomic mass is 10.0. The van der Waals surface area contributed by atoms with Gasteiger partial charge in [0.1, 0.15) is 0 Å². The molecule has 140 valence electrons. The molecule has 4 rings (SSSR count). The number of fused-ring (bicyclic) bond motifs is 1. The monoisotopic (exact) mass is 358 g/mol. The van der Waals surface area contributed by atoms with E-state index in [1.165, 1.54) is 0 Å². The summed E-state index contributed by atoms with van der Waals surface area (Å²) in [5.74, 6) is 0.644. The normalized spacial score (nSPS) is 21.5. The first-order chi connectivity index (χ1) is 12.8. The van der Waals surface area contributed by atoms with Gasteiger partial charge in [0.05, 0.1) is 30.7 Å². The summed E-state index contributed by atoms with van der Waals surface area (Å²) in [6.07, 6.45) is 7.83. The van der Waals surface area contributed by atoms with E-state index in [0.29, 0.717) is 12.3 Å².